The molecule has 0 bridgehead atoms. The van der Waals surface area contributed by atoms with Crippen LogP contribution < -0.4 is 10.6 Å². The standard InChI is InChI=1S/C21H26F2N4O2/c22-21(23,13-16-5-2-1-3-6-16)14-17(18(28)25-11-10-24)26-19(29)27-12-4-7-20(15-27)8-9-20/h1-3,5-6,17H,4,7-9,11-15H2,(H,25,28)(H,26,29)/t17-/m0/s1. The summed E-state index contributed by atoms with van der Waals surface area (Å²) >= 11 is 0. The van der Waals surface area contributed by atoms with Crippen molar-refractivity contribution in [2.45, 2.75) is 50.5 Å². The molecule has 6 nitrogen and oxygen atoms in total. The maximum absolute atomic E-state index is 14.7. The van der Waals surface area contributed by atoms with E-state index in [1.807, 2.05) is 0 Å². The minimum atomic E-state index is -3.19. The normalized spacial score (nSPS) is 18.6. The summed E-state index contributed by atoms with van der Waals surface area (Å²) in [4.78, 5) is 26.7. The predicted octanol–water partition coefficient (Wildman–Crippen LogP) is 2.85. The molecule has 156 valence electrons. The van der Waals surface area contributed by atoms with Gasteiger partial charge in [-0.2, -0.15) is 5.26 Å². The molecule has 0 radical (unpaired) electrons. The molecule has 1 spiro atoms. The number of hydrogen-bond acceptors (Lipinski definition) is 3. The van der Waals surface area contributed by atoms with Crippen molar-refractivity contribution in [1.82, 2.24) is 15.5 Å². The fourth-order valence-corrected chi connectivity index (χ4v) is 3.93. The lowest BCUT2D eigenvalue weighted by molar-refractivity contribution is -0.125. The molecule has 0 aromatic heterocycles. The lowest BCUT2D eigenvalue weighted by atomic mass is 9.95. The second-order valence-electron chi connectivity index (χ2n) is 8.13. The Labute approximate surface area is 169 Å². The van der Waals surface area contributed by atoms with Gasteiger partial charge in [0.05, 0.1) is 6.07 Å². The Morgan fingerprint density at radius 3 is 2.62 bits per heavy atom. The van der Waals surface area contributed by atoms with E-state index in [9.17, 15) is 18.4 Å². The first-order valence-corrected chi connectivity index (χ1v) is 9.94. The fraction of sp³-hybridized carbons (Fsp3) is 0.571. The number of carbonyl (C=O) groups excluding carboxylic acids is 2. The van der Waals surface area contributed by atoms with E-state index in [4.69, 9.17) is 5.26 Å². The van der Waals surface area contributed by atoms with Crippen LogP contribution in [-0.2, 0) is 11.2 Å². The number of likely N-dealkylation sites (tertiary alicyclic amines) is 1. The molecular formula is C21H26F2N4O2. The Morgan fingerprint density at radius 2 is 1.97 bits per heavy atom. The van der Waals surface area contributed by atoms with Crippen LogP contribution in [0.5, 0.6) is 0 Å². The molecule has 1 saturated carbocycles. The molecule has 1 atom stereocenters. The summed E-state index contributed by atoms with van der Waals surface area (Å²) in [6.07, 6.45) is 2.76. The van der Waals surface area contributed by atoms with Crippen LogP contribution in [-0.4, -0.2) is 48.4 Å². The second kappa shape index (κ2) is 8.76. The molecule has 1 aliphatic carbocycles. The molecule has 0 unspecified atom stereocenters. The second-order valence-corrected chi connectivity index (χ2v) is 8.13. The monoisotopic (exact) mass is 404 g/mol. The van der Waals surface area contributed by atoms with Crippen molar-refractivity contribution in [2.24, 2.45) is 5.41 Å². The van der Waals surface area contributed by atoms with Gasteiger partial charge in [0.25, 0.3) is 5.92 Å². The topological polar surface area (TPSA) is 85.2 Å². The molecule has 1 saturated heterocycles. The third-order valence-electron chi connectivity index (χ3n) is 5.67. The van der Waals surface area contributed by atoms with Gasteiger partial charge in [-0.3, -0.25) is 4.79 Å². The Bertz CT molecular complexity index is 775. The molecule has 1 heterocycles. The predicted molar refractivity (Wildman–Crippen MR) is 103 cm³/mol. The largest absolute Gasteiger partial charge is 0.341 e. The first-order chi connectivity index (χ1) is 13.8. The number of amides is 3. The van der Waals surface area contributed by atoms with Crippen LogP contribution in [0.4, 0.5) is 13.6 Å². The number of nitriles is 1. The number of piperidine rings is 1. The molecule has 1 aromatic rings. The lowest BCUT2D eigenvalue weighted by Gasteiger charge is -2.34. The fourth-order valence-electron chi connectivity index (χ4n) is 3.93. The first kappa shape index (κ1) is 21.0. The first-order valence-electron chi connectivity index (χ1n) is 9.94. The summed E-state index contributed by atoms with van der Waals surface area (Å²) in [5.74, 6) is -3.96. The average Bonchev–Trinajstić information content (AvgIpc) is 3.44. The summed E-state index contributed by atoms with van der Waals surface area (Å²) in [5, 5.41) is 13.4. The van der Waals surface area contributed by atoms with Gasteiger partial charge in [-0.1, -0.05) is 30.3 Å². The maximum atomic E-state index is 14.7. The number of nitrogens with one attached hydrogen (secondary N) is 2. The van der Waals surface area contributed by atoms with Gasteiger partial charge >= 0.3 is 6.03 Å². The molecule has 2 fully saturated rings. The van der Waals surface area contributed by atoms with Crippen LogP contribution >= 0.6 is 0 Å². The van der Waals surface area contributed by atoms with Gasteiger partial charge in [0, 0.05) is 25.9 Å². The molecule has 3 rings (SSSR count). The molecule has 2 aliphatic rings. The van der Waals surface area contributed by atoms with E-state index in [1.54, 1.807) is 41.3 Å². The van der Waals surface area contributed by atoms with E-state index in [0.717, 1.165) is 25.7 Å². The van der Waals surface area contributed by atoms with Crippen molar-refractivity contribution >= 4 is 11.9 Å². The number of urea groups is 1. The highest BCUT2D eigenvalue weighted by Crippen LogP contribution is 2.51. The van der Waals surface area contributed by atoms with E-state index in [-0.39, 0.29) is 12.0 Å². The summed E-state index contributed by atoms with van der Waals surface area (Å²) < 4.78 is 29.3. The molecular weight excluding hydrogens is 378 g/mol. The van der Waals surface area contributed by atoms with Crippen molar-refractivity contribution in [3.05, 3.63) is 35.9 Å². The molecule has 8 heteroatoms. The van der Waals surface area contributed by atoms with E-state index < -0.39 is 36.7 Å². The highest BCUT2D eigenvalue weighted by atomic mass is 19.3. The van der Waals surface area contributed by atoms with E-state index in [2.05, 4.69) is 10.6 Å². The smallest absolute Gasteiger partial charge is 0.318 e. The van der Waals surface area contributed by atoms with Gasteiger partial charge in [0.15, 0.2) is 0 Å². The van der Waals surface area contributed by atoms with Gasteiger partial charge < -0.3 is 15.5 Å². The molecule has 2 N–H and O–H groups in total. The Balaban J connectivity index is 1.65. The SMILES string of the molecule is N#CCNC(=O)[C@H](CC(F)(F)Cc1ccccc1)NC(=O)N1CCCC2(CC2)C1. The number of nitrogens with zero attached hydrogens (tertiary/aromatic N) is 2. The maximum Gasteiger partial charge on any atom is 0.318 e. The highest BCUT2D eigenvalue weighted by molar-refractivity contribution is 5.87. The highest BCUT2D eigenvalue weighted by Gasteiger charge is 2.47. The van der Waals surface area contributed by atoms with Gasteiger partial charge in [0.2, 0.25) is 5.91 Å². The van der Waals surface area contributed by atoms with Crippen LogP contribution in [0.1, 0.15) is 37.7 Å². The zero-order valence-electron chi connectivity index (χ0n) is 16.3. The van der Waals surface area contributed by atoms with Gasteiger partial charge in [-0.05, 0) is 36.7 Å². The van der Waals surface area contributed by atoms with Crippen molar-refractivity contribution in [1.29, 1.82) is 5.26 Å². The van der Waals surface area contributed by atoms with Crippen molar-refractivity contribution in [3.63, 3.8) is 0 Å². The third kappa shape index (κ3) is 5.89. The van der Waals surface area contributed by atoms with Gasteiger partial charge in [0.1, 0.15) is 12.6 Å². The summed E-state index contributed by atoms with van der Waals surface area (Å²) in [5.41, 5.74) is 0.637. The average molecular weight is 404 g/mol. The lowest BCUT2D eigenvalue weighted by Crippen LogP contribution is -2.55. The Kier molecular flexibility index (Phi) is 6.36. The number of halogens is 2. The number of hydrogen-bond donors (Lipinski definition) is 2. The number of rotatable bonds is 7. The zero-order valence-corrected chi connectivity index (χ0v) is 16.3. The van der Waals surface area contributed by atoms with Crippen molar-refractivity contribution < 1.29 is 18.4 Å². The summed E-state index contributed by atoms with van der Waals surface area (Å²) in [7, 11) is 0. The van der Waals surface area contributed by atoms with Crippen LogP contribution in [0.25, 0.3) is 0 Å². The molecule has 1 aromatic carbocycles. The van der Waals surface area contributed by atoms with Crippen LogP contribution in [0.2, 0.25) is 0 Å². The van der Waals surface area contributed by atoms with Crippen molar-refractivity contribution in [3.8, 4) is 6.07 Å². The number of benzene rings is 1. The van der Waals surface area contributed by atoms with Crippen molar-refractivity contribution in [2.75, 3.05) is 19.6 Å². The van der Waals surface area contributed by atoms with E-state index >= 15 is 0 Å². The van der Waals surface area contributed by atoms with Gasteiger partial charge in [-0.25, -0.2) is 13.6 Å². The number of alkyl halides is 2. The molecule has 29 heavy (non-hydrogen) atoms. The molecule has 3 amide bonds. The minimum Gasteiger partial charge on any atom is -0.341 e. The zero-order chi connectivity index (χ0) is 20.9. The van der Waals surface area contributed by atoms with Crippen LogP contribution in [0.3, 0.4) is 0 Å². The minimum absolute atomic E-state index is 0.186. The van der Waals surface area contributed by atoms with Crippen LogP contribution in [0.15, 0.2) is 30.3 Å². The summed E-state index contributed by atoms with van der Waals surface area (Å²) in [6, 6.07) is 8.13. The third-order valence-corrected chi connectivity index (χ3v) is 5.67. The summed E-state index contributed by atoms with van der Waals surface area (Å²) in [6.45, 7) is 0.856. The van der Waals surface area contributed by atoms with Gasteiger partial charge in [-0.15, -0.1) is 0 Å². The van der Waals surface area contributed by atoms with E-state index in [0.29, 0.717) is 18.7 Å². The Morgan fingerprint density at radius 1 is 1.24 bits per heavy atom. The van der Waals surface area contributed by atoms with Crippen LogP contribution in [0, 0.1) is 16.7 Å². The Hall–Kier alpha value is -2.69. The molecule has 1 aliphatic heterocycles. The van der Waals surface area contributed by atoms with E-state index in [1.165, 1.54) is 0 Å². The quantitative estimate of drug-likeness (QED) is 0.686. The number of carbonyl (C=O) groups is 2.